The van der Waals surface area contributed by atoms with Crippen LogP contribution in [0.5, 0.6) is 0 Å². The smallest absolute Gasteiger partial charge is 0.148 e. The molecule has 1 aromatic heterocycles. The number of carbonyl (C=O) groups excluding carboxylic acids is 1. The van der Waals surface area contributed by atoms with E-state index in [0.29, 0.717) is 43.0 Å². The highest BCUT2D eigenvalue weighted by Gasteiger charge is 2.19. The molecule has 1 saturated heterocycles. The van der Waals surface area contributed by atoms with Crippen molar-refractivity contribution in [2.45, 2.75) is 19.4 Å². The minimum absolute atomic E-state index is 0.0961. The average molecular weight is 315 g/mol. The Kier molecular flexibility index (Phi) is 4.20. The monoisotopic (exact) mass is 315 g/mol. The van der Waals surface area contributed by atoms with Crippen molar-refractivity contribution in [3.8, 4) is 5.69 Å². The number of carbonyl (C=O) groups is 1. The Hall–Kier alpha value is -2.93. The van der Waals surface area contributed by atoms with Crippen molar-refractivity contribution in [2.24, 2.45) is 5.11 Å². The first kappa shape index (κ1) is 15.0. The molecule has 2 aromatic rings. The molecule has 0 N–H and O–H groups in total. The van der Waals surface area contributed by atoms with Crippen LogP contribution in [0.4, 0.5) is 10.1 Å². The van der Waals surface area contributed by atoms with Gasteiger partial charge in [0.15, 0.2) is 0 Å². The van der Waals surface area contributed by atoms with Crippen LogP contribution in [0.1, 0.15) is 18.5 Å². The number of rotatable bonds is 4. The number of hydrogen-bond acceptors (Lipinski definition) is 5. The number of Topliss-reactive ketones (excluding diaryl/α,β-unsaturated/α-hetero) is 1. The standard InChI is InChI=1S/C14H14FN7O/c15-13-7-11(22-9-10(18-20-22)8-17-19-16)1-2-14(13)21-5-3-12(23)4-6-21/h1-2,7,9H,3-6,8H2. The zero-order chi connectivity index (χ0) is 16.2. The van der Waals surface area contributed by atoms with Gasteiger partial charge in [0.25, 0.3) is 0 Å². The molecule has 9 heteroatoms. The minimum atomic E-state index is -0.371. The van der Waals surface area contributed by atoms with E-state index in [1.807, 2.05) is 4.90 Å². The molecule has 0 aliphatic carbocycles. The SMILES string of the molecule is [N-]=[N+]=NCc1cn(-c2ccc(N3CCC(=O)CC3)c(F)c2)nn1. The van der Waals surface area contributed by atoms with Gasteiger partial charge in [-0.3, -0.25) is 4.79 Å². The fourth-order valence-electron chi connectivity index (χ4n) is 2.49. The molecular weight excluding hydrogens is 301 g/mol. The molecule has 8 nitrogen and oxygen atoms in total. The van der Waals surface area contributed by atoms with Gasteiger partial charge in [-0.25, -0.2) is 9.07 Å². The summed E-state index contributed by atoms with van der Waals surface area (Å²) in [4.78, 5) is 15.8. The quantitative estimate of drug-likeness (QED) is 0.491. The number of hydrogen-bond donors (Lipinski definition) is 0. The number of nitrogens with zero attached hydrogens (tertiary/aromatic N) is 7. The van der Waals surface area contributed by atoms with Gasteiger partial charge in [0.2, 0.25) is 0 Å². The van der Waals surface area contributed by atoms with Gasteiger partial charge in [0.1, 0.15) is 11.6 Å². The normalized spacial score (nSPS) is 14.7. The first-order valence-corrected chi connectivity index (χ1v) is 7.16. The van der Waals surface area contributed by atoms with Crippen LogP contribution in [0.25, 0.3) is 16.1 Å². The Morgan fingerprint density at radius 2 is 2.13 bits per heavy atom. The Morgan fingerprint density at radius 3 is 2.83 bits per heavy atom. The van der Waals surface area contributed by atoms with Crippen LogP contribution in [-0.4, -0.2) is 33.9 Å². The van der Waals surface area contributed by atoms with Crippen LogP contribution in [0.15, 0.2) is 29.5 Å². The van der Waals surface area contributed by atoms with Crippen molar-refractivity contribution in [1.29, 1.82) is 0 Å². The number of piperidine rings is 1. The lowest BCUT2D eigenvalue weighted by molar-refractivity contribution is -0.119. The predicted molar refractivity (Wildman–Crippen MR) is 80.6 cm³/mol. The summed E-state index contributed by atoms with van der Waals surface area (Å²) in [5.74, 6) is -0.155. The van der Waals surface area contributed by atoms with Gasteiger partial charge in [0, 0.05) is 36.9 Å². The number of aromatic nitrogens is 3. The van der Waals surface area contributed by atoms with Gasteiger partial charge in [-0.1, -0.05) is 10.3 Å². The van der Waals surface area contributed by atoms with Crippen LogP contribution in [-0.2, 0) is 11.3 Å². The summed E-state index contributed by atoms with van der Waals surface area (Å²) in [7, 11) is 0. The zero-order valence-electron chi connectivity index (χ0n) is 12.3. The number of halogens is 1. The van der Waals surface area contributed by atoms with Gasteiger partial charge < -0.3 is 4.90 Å². The Balaban J connectivity index is 1.80. The Morgan fingerprint density at radius 1 is 1.35 bits per heavy atom. The Bertz CT molecular complexity index is 771. The van der Waals surface area contributed by atoms with E-state index in [1.165, 1.54) is 10.7 Å². The lowest BCUT2D eigenvalue weighted by atomic mass is 10.1. The molecule has 0 atom stereocenters. The third-order valence-electron chi connectivity index (χ3n) is 3.69. The van der Waals surface area contributed by atoms with Crippen molar-refractivity contribution >= 4 is 11.5 Å². The molecule has 0 saturated carbocycles. The maximum Gasteiger partial charge on any atom is 0.148 e. The van der Waals surface area contributed by atoms with E-state index >= 15 is 0 Å². The first-order chi connectivity index (χ1) is 11.2. The topological polar surface area (TPSA) is 99.8 Å². The lowest BCUT2D eigenvalue weighted by Crippen LogP contribution is -2.34. The highest BCUT2D eigenvalue weighted by atomic mass is 19.1. The van der Waals surface area contributed by atoms with Crippen molar-refractivity contribution < 1.29 is 9.18 Å². The summed E-state index contributed by atoms with van der Waals surface area (Å²) in [6.45, 7) is 1.17. The molecule has 0 unspecified atom stereocenters. The molecule has 3 rings (SSSR count). The van der Waals surface area contributed by atoms with E-state index in [0.717, 1.165) is 0 Å². The zero-order valence-corrected chi connectivity index (χ0v) is 12.3. The van der Waals surface area contributed by atoms with Crippen LogP contribution >= 0.6 is 0 Å². The Labute approximate surface area is 131 Å². The summed E-state index contributed by atoms with van der Waals surface area (Å²) in [5.41, 5.74) is 9.80. The summed E-state index contributed by atoms with van der Waals surface area (Å²) in [6.07, 6.45) is 2.49. The van der Waals surface area contributed by atoms with Crippen molar-refractivity contribution in [3.05, 3.63) is 46.3 Å². The van der Waals surface area contributed by atoms with Gasteiger partial charge in [-0.2, -0.15) is 0 Å². The third-order valence-corrected chi connectivity index (χ3v) is 3.69. The molecule has 2 heterocycles. The second-order valence-electron chi connectivity index (χ2n) is 5.20. The fourth-order valence-corrected chi connectivity index (χ4v) is 2.49. The van der Waals surface area contributed by atoms with E-state index in [9.17, 15) is 9.18 Å². The van der Waals surface area contributed by atoms with Crippen molar-refractivity contribution in [1.82, 2.24) is 15.0 Å². The molecule has 118 valence electrons. The third kappa shape index (κ3) is 3.29. The molecule has 0 amide bonds. The van der Waals surface area contributed by atoms with Gasteiger partial charge in [0.05, 0.1) is 29.8 Å². The second-order valence-corrected chi connectivity index (χ2v) is 5.20. The summed E-state index contributed by atoms with van der Waals surface area (Å²) >= 11 is 0. The minimum Gasteiger partial charge on any atom is -0.368 e. The number of azide groups is 1. The summed E-state index contributed by atoms with van der Waals surface area (Å²) in [5, 5.41) is 11.2. The van der Waals surface area contributed by atoms with E-state index in [1.54, 1.807) is 18.3 Å². The van der Waals surface area contributed by atoms with E-state index in [-0.39, 0.29) is 18.1 Å². The predicted octanol–water partition coefficient (Wildman–Crippen LogP) is 2.39. The summed E-state index contributed by atoms with van der Waals surface area (Å²) in [6, 6.07) is 4.79. The highest BCUT2D eigenvalue weighted by molar-refractivity contribution is 5.81. The fraction of sp³-hybridized carbons (Fsp3) is 0.357. The number of anilines is 1. The van der Waals surface area contributed by atoms with Crippen LogP contribution < -0.4 is 4.90 Å². The molecule has 0 spiro atoms. The van der Waals surface area contributed by atoms with Crippen LogP contribution in [0.3, 0.4) is 0 Å². The molecule has 1 aromatic carbocycles. The maximum absolute atomic E-state index is 14.4. The molecule has 0 radical (unpaired) electrons. The van der Waals surface area contributed by atoms with E-state index < -0.39 is 0 Å². The van der Waals surface area contributed by atoms with Gasteiger partial charge >= 0.3 is 0 Å². The van der Waals surface area contributed by atoms with Crippen molar-refractivity contribution in [3.63, 3.8) is 0 Å². The molecule has 1 fully saturated rings. The van der Waals surface area contributed by atoms with E-state index in [4.69, 9.17) is 5.53 Å². The second kappa shape index (κ2) is 6.45. The number of benzene rings is 1. The van der Waals surface area contributed by atoms with Crippen LogP contribution in [0.2, 0.25) is 0 Å². The summed E-state index contributed by atoms with van der Waals surface area (Å²) < 4.78 is 15.8. The maximum atomic E-state index is 14.4. The first-order valence-electron chi connectivity index (χ1n) is 7.16. The molecule has 1 aliphatic rings. The largest absolute Gasteiger partial charge is 0.368 e. The average Bonchev–Trinajstić information content (AvgIpc) is 3.03. The highest BCUT2D eigenvalue weighted by Crippen LogP contribution is 2.24. The lowest BCUT2D eigenvalue weighted by Gasteiger charge is -2.28. The molecule has 0 bridgehead atoms. The van der Waals surface area contributed by atoms with Gasteiger partial charge in [-0.15, -0.1) is 5.10 Å². The van der Waals surface area contributed by atoms with Crippen molar-refractivity contribution in [2.75, 3.05) is 18.0 Å². The molecule has 23 heavy (non-hydrogen) atoms. The van der Waals surface area contributed by atoms with Gasteiger partial charge in [-0.05, 0) is 17.7 Å². The number of ketones is 1. The van der Waals surface area contributed by atoms with E-state index in [2.05, 4.69) is 20.3 Å². The molecule has 1 aliphatic heterocycles. The van der Waals surface area contributed by atoms with Crippen LogP contribution in [0, 0.1) is 5.82 Å². The molecular formula is C14H14FN7O.